The van der Waals surface area contributed by atoms with Gasteiger partial charge in [-0.1, -0.05) is 29.4 Å². The van der Waals surface area contributed by atoms with Crippen LogP contribution in [0.15, 0.2) is 47.4 Å². The third-order valence-electron chi connectivity index (χ3n) is 14.7. The molecule has 5 heterocycles. The number of hydrogen-bond donors (Lipinski definition) is 1. The van der Waals surface area contributed by atoms with Gasteiger partial charge in [-0.15, -0.1) is 5.10 Å². The van der Waals surface area contributed by atoms with Gasteiger partial charge in [-0.2, -0.15) is 0 Å². The molecule has 1 aromatic carbocycles. The van der Waals surface area contributed by atoms with Crippen molar-refractivity contribution in [3.8, 4) is 17.2 Å². The van der Waals surface area contributed by atoms with E-state index < -0.39 is 63.9 Å². The maximum atomic E-state index is 16.3. The van der Waals surface area contributed by atoms with Crippen molar-refractivity contribution in [3.05, 3.63) is 64.0 Å². The number of anilines is 1. The van der Waals surface area contributed by atoms with Crippen LogP contribution in [0.25, 0.3) is 6.08 Å². The van der Waals surface area contributed by atoms with Crippen molar-refractivity contribution in [3.63, 3.8) is 0 Å². The van der Waals surface area contributed by atoms with E-state index in [9.17, 15) is 14.4 Å². The topological polar surface area (TPSA) is 195 Å². The highest BCUT2D eigenvalue weighted by atomic mass is 16.6. The molecule has 2 saturated heterocycles. The van der Waals surface area contributed by atoms with Gasteiger partial charge < -0.3 is 39.2 Å². The number of piperazine rings is 1. The van der Waals surface area contributed by atoms with Crippen LogP contribution in [0.2, 0.25) is 0 Å². The molecule has 1 spiro atoms. The quantitative estimate of drug-likeness (QED) is 0.104. The average molecular weight is 909 g/mol. The molecule has 66 heavy (non-hydrogen) atoms. The number of carbonyl (C=O) groups is 5. The molecule has 1 amide bonds. The van der Waals surface area contributed by atoms with Crippen LogP contribution in [0.3, 0.4) is 0 Å². The van der Waals surface area contributed by atoms with Gasteiger partial charge in [0.2, 0.25) is 11.9 Å². The van der Waals surface area contributed by atoms with Crippen LogP contribution >= 0.6 is 0 Å². The molecule has 2 N–H and O–H groups in total. The third-order valence-corrected chi connectivity index (χ3v) is 14.7. The normalized spacial score (nSPS) is 29.2. The number of likely N-dealkylation sites (N-methyl/N-ethyl adjacent to an activating group) is 1. The molecule has 3 aliphatic carbocycles. The number of allylic oxidation sites excluding steroid dienone is 4. The van der Waals surface area contributed by atoms with Gasteiger partial charge in [-0.05, 0) is 100 Å². The van der Waals surface area contributed by atoms with E-state index >= 15 is 9.59 Å². The smallest absolute Gasteiger partial charge is 0.333 e. The number of Topliss-reactive ketones (excluding diaryl/α,β-unsaturated/α-hetero) is 2. The number of amides is 1. The van der Waals surface area contributed by atoms with Crippen LogP contribution in [0, 0.1) is 17.8 Å². The van der Waals surface area contributed by atoms with Gasteiger partial charge in [0.1, 0.15) is 29.0 Å². The Morgan fingerprint density at radius 3 is 2.32 bits per heavy atom. The zero-order valence-corrected chi connectivity index (χ0v) is 39.9. The molecule has 2 aromatic rings. The summed E-state index contributed by atoms with van der Waals surface area (Å²) in [6, 6.07) is -0.928. The van der Waals surface area contributed by atoms with Crippen LogP contribution in [0.1, 0.15) is 121 Å². The number of fused-ring (bicyclic) bond motifs is 2. The molecule has 3 saturated carbocycles. The van der Waals surface area contributed by atoms with E-state index in [1.165, 1.54) is 23.7 Å². The number of nitrogen functional groups attached to an aromatic ring is 1. The molecule has 4 aliphatic heterocycles. The maximum Gasteiger partial charge on any atom is 0.333 e. The summed E-state index contributed by atoms with van der Waals surface area (Å²) in [5, 5.41) is 4.49. The largest absolute Gasteiger partial charge is 0.482 e. The Morgan fingerprint density at radius 1 is 0.955 bits per heavy atom. The number of ether oxygens (including phenoxy) is 5. The van der Waals surface area contributed by atoms with Crippen molar-refractivity contribution in [2.45, 2.75) is 129 Å². The number of carbonyl (C=O) groups excluding carboxylic acids is 5. The third kappa shape index (κ3) is 7.76. The first-order chi connectivity index (χ1) is 31.2. The molecule has 4 bridgehead atoms. The molecule has 16 heteroatoms. The Kier molecular flexibility index (Phi) is 12.2. The summed E-state index contributed by atoms with van der Waals surface area (Å²) in [7, 11) is 3.29. The Balaban J connectivity index is 1.35. The van der Waals surface area contributed by atoms with Crippen LogP contribution < -0.4 is 19.9 Å². The summed E-state index contributed by atoms with van der Waals surface area (Å²) in [4.78, 5) is 80.4. The lowest BCUT2D eigenvalue weighted by atomic mass is 9.45. The molecule has 7 unspecified atom stereocenters. The molecule has 5 fully saturated rings. The van der Waals surface area contributed by atoms with Crippen LogP contribution in [0.4, 0.5) is 5.95 Å². The molecule has 7 aliphatic rings. The molecule has 0 radical (unpaired) electrons. The summed E-state index contributed by atoms with van der Waals surface area (Å²) < 4.78 is 34.7. The maximum absolute atomic E-state index is 16.3. The number of nitrogens with two attached hydrogens (primary N) is 1. The lowest BCUT2D eigenvalue weighted by Gasteiger charge is -2.62. The molecular weight excluding hydrogens is 845 g/mol. The van der Waals surface area contributed by atoms with Gasteiger partial charge in [0.15, 0.2) is 28.5 Å². The number of nitrogens with zero attached hydrogens (tertiary/aromatic N) is 5. The van der Waals surface area contributed by atoms with Crippen molar-refractivity contribution in [1.82, 2.24) is 24.6 Å². The molecule has 1 aromatic heterocycles. The van der Waals surface area contributed by atoms with E-state index in [4.69, 9.17) is 29.4 Å². The van der Waals surface area contributed by atoms with E-state index in [2.05, 4.69) is 21.1 Å². The van der Waals surface area contributed by atoms with E-state index in [1.807, 2.05) is 73.7 Å². The molecule has 16 nitrogen and oxygen atoms in total. The van der Waals surface area contributed by atoms with E-state index in [0.717, 1.165) is 25.1 Å². The van der Waals surface area contributed by atoms with Crippen molar-refractivity contribution < 1.29 is 47.7 Å². The van der Waals surface area contributed by atoms with Gasteiger partial charge in [-0.25, -0.2) is 14.5 Å². The molecular formula is C50H64N6O10. The summed E-state index contributed by atoms with van der Waals surface area (Å²) in [6.07, 6.45) is 12.5. The Hall–Kier alpha value is -5.61. The Bertz CT molecular complexity index is 2490. The van der Waals surface area contributed by atoms with Crippen LogP contribution in [0.5, 0.6) is 17.2 Å². The van der Waals surface area contributed by atoms with Crippen LogP contribution in [-0.2, 0) is 35.1 Å². The monoisotopic (exact) mass is 908 g/mol. The predicted molar refractivity (Wildman–Crippen MR) is 245 cm³/mol. The lowest BCUT2D eigenvalue weighted by molar-refractivity contribution is -0.209. The number of rotatable bonds is 13. The standard InChI is InChI=1S/C50H64N6O10/c1-28(2)12-11-19-48(8)20-18-32-41(64-48)31(14-13-29(3)4)43-37(42(32)63-36(58)16-15-35(57)55-24-22-54(9)23-25-55)40(59)38-39(56-27-52-46(51)53-56)33-26-34-47(6,7)66-49(44(33)60,50(34,38)65-43)21-17-30(5)45(61)62-10/h12-13,17-18,20,27,33-34,38-39H,11,14-16,19,21-26H2,1-10H3,(H2,51,53). The number of esters is 2. The first-order valence-electron chi connectivity index (χ1n) is 23.1. The summed E-state index contributed by atoms with van der Waals surface area (Å²) >= 11 is 0. The summed E-state index contributed by atoms with van der Waals surface area (Å²) in [5.74, 6) is -4.27. The molecule has 354 valence electrons. The average Bonchev–Trinajstić information content (AvgIpc) is 3.75. The highest BCUT2D eigenvalue weighted by molar-refractivity contribution is 6.11. The second-order valence-electron chi connectivity index (χ2n) is 20.2. The van der Waals surface area contributed by atoms with Gasteiger partial charge >= 0.3 is 11.9 Å². The fraction of sp³-hybridized carbons (Fsp3) is 0.580. The second kappa shape index (κ2) is 17.2. The highest BCUT2D eigenvalue weighted by Crippen LogP contribution is 2.72. The minimum atomic E-state index is -1.77. The summed E-state index contributed by atoms with van der Waals surface area (Å²) in [5.41, 5.74) is 4.21. The van der Waals surface area contributed by atoms with E-state index in [0.29, 0.717) is 36.4 Å². The van der Waals surface area contributed by atoms with Crippen molar-refractivity contribution in [2.75, 3.05) is 46.1 Å². The highest BCUT2D eigenvalue weighted by Gasteiger charge is 2.86. The minimum absolute atomic E-state index is 0.0217. The van der Waals surface area contributed by atoms with Gasteiger partial charge in [0.05, 0.1) is 36.7 Å². The molecule has 7 atom stereocenters. The lowest BCUT2D eigenvalue weighted by Crippen LogP contribution is -2.78. The minimum Gasteiger partial charge on any atom is -0.482 e. The van der Waals surface area contributed by atoms with E-state index in [-0.39, 0.29) is 72.4 Å². The first-order valence-corrected chi connectivity index (χ1v) is 23.1. The first kappa shape index (κ1) is 46.9. The van der Waals surface area contributed by atoms with Gasteiger partial charge in [0, 0.05) is 62.0 Å². The van der Waals surface area contributed by atoms with E-state index in [1.54, 1.807) is 17.9 Å². The molecule has 9 rings (SSSR count). The van der Waals surface area contributed by atoms with Crippen LogP contribution in [-0.4, -0.2) is 117 Å². The van der Waals surface area contributed by atoms with Crippen molar-refractivity contribution in [1.29, 1.82) is 0 Å². The van der Waals surface area contributed by atoms with Gasteiger partial charge in [-0.3, -0.25) is 19.2 Å². The number of ketones is 2. The van der Waals surface area contributed by atoms with Gasteiger partial charge in [0.25, 0.3) is 0 Å². The van der Waals surface area contributed by atoms with Crippen molar-refractivity contribution in [2.24, 2.45) is 17.8 Å². The zero-order chi connectivity index (χ0) is 47.7. The number of benzene rings is 1. The fourth-order valence-electron chi connectivity index (χ4n) is 11.4. The van der Waals surface area contributed by atoms with Crippen molar-refractivity contribution >= 4 is 41.4 Å². The Labute approximate surface area is 386 Å². The number of aromatic nitrogens is 3. The summed E-state index contributed by atoms with van der Waals surface area (Å²) in [6.45, 7) is 18.0. The fourth-order valence-corrected chi connectivity index (χ4v) is 11.4. The zero-order valence-electron chi connectivity index (χ0n) is 39.9. The second-order valence-corrected chi connectivity index (χ2v) is 20.2. The Morgan fingerprint density at radius 2 is 1.67 bits per heavy atom. The predicted octanol–water partition coefficient (Wildman–Crippen LogP) is 6.19. The SMILES string of the molecule is COC(=O)C(C)=CCC12OC(C)(C)C3CC(C1=O)C(n1cnc(N)n1)C1C(=O)c4c(OC(=O)CCC(=O)N5CCN(C)CC5)c5c(c(CC=C(C)C)c4OC132)OC(C)(CCC=C(C)C)C=C5. The number of hydrogen-bond acceptors (Lipinski definition) is 14. The number of methoxy groups -OCH3 is 1.